The van der Waals surface area contributed by atoms with E-state index in [1.165, 1.54) is 12.8 Å². The maximum Gasteiger partial charge on any atom is 0.311 e. The quantitative estimate of drug-likeness (QED) is 0.792. The van der Waals surface area contributed by atoms with Crippen LogP contribution in [-0.2, 0) is 22.6 Å². The zero-order valence-electron chi connectivity index (χ0n) is 14.1. The number of benzene rings is 1. The number of hydrogen-bond donors (Lipinski definition) is 2. The van der Waals surface area contributed by atoms with E-state index >= 15 is 0 Å². The van der Waals surface area contributed by atoms with E-state index in [1.807, 2.05) is 12.1 Å². The lowest BCUT2D eigenvalue weighted by atomic mass is 9.81. The minimum Gasteiger partial charge on any atom is -0.481 e. The average Bonchev–Trinajstić information content (AvgIpc) is 3.31. The third kappa shape index (κ3) is 2.81. The molecule has 2 atom stereocenters. The molecule has 2 aliphatic carbocycles. The molecule has 0 aliphatic heterocycles. The molecule has 1 aromatic carbocycles. The molecular formula is C19H21N3O3. The van der Waals surface area contributed by atoms with E-state index in [-0.39, 0.29) is 5.91 Å². The number of rotatable bonds is 6. The van der Waals surface area contributed by atoms with E-state index in [0.29, 0.717) is 12.6 Å². The molecule has 0 radical (unpaired) electrons. The number of carboxylic acid groups (broad SMARTS) is 1. The summed E-state index contributed by atoms with van der Waals surface area (Å²) in [4.78, 5) is 27.9. The van der Waals surface area contributed by atoms with Crippen molar-refractivity contribution in [3.8, 4) is 0 Å². The van der Waals surface area contributed by atoms with Gasteiger partial charge in [-0.05, 0) is 30.5 Å². The molecule has 1 fully saturated rings. The first-order valence-electron chi connectivity index (χ1n) is 8.77. The van der Waals surface area contributed by atoms with Gasteiger partial charge in [-0.3, -0.25) is 9.59 Å². The average molecular weight is 339 g/mol. The zero-order chi connectivity index (χ0) is 17.6. The van der Waals surface area contributed by atoms with Gasteiger partial charge in [0.2, 0.25) is 5.91 Å². The molecule has 1 amide bonds. The van der Waals surface area contributed by atoms with Gasteiger partial charge in [0.1, 0.15) is 5.82 Å². The van der Waals surface area contributed by atoms with Crippen molar-refractivity contribution < 1.29 is 14.7 Å². The van der Waals surface area contributed by atoms with Crippen LogP contribution in [0.5, 0.6) is 0 Å². The fourth-order valence-corrected chi connectivity index (χ4v) is 3.42. The molecule has 6 heteroatoms. The Morgan fingerprint density at radius 2 is 2.04 bits per heavy atom. The minimum absolute atomic E-state index is 0.243. The highest BCUT2D eigenvalue weighted by atomic mass is 16.4. The second-order valence-corrected chi connectivity index (χ2v) is 6.80. The maximum atomic E-state index is 12.1. The molecule has 0 spiro atoms. The van der Waals surface area contributed by atoms with E-state index in [4.69, 9.17) is 10.1 Å². The maximum absolute atomic E-state index is 12.1. The standard InChI is InChI=1S/C19H21N3O3/c1-2-17-21-15-9-11(3-8-16(15)22(17)12-4-5-12)10-20-18(23)13-6-7-14(13)19(24)25/h3,6-9,12-14H,2,4-5,10H2,1H3,(H,20,23)(H,24,25)/t13-,14+/m1/s1. The van der Waals surface area contributed by atoms with Crippen molar-refractivity contribution in [3.63, 3.8) is 0 Å². The van der Waals surface area contributed by atoms with Crippen LogP contribution in [0.25, 0.3) is 11.0 Å². The SMILES string of the molecule is CCc1nc2cc(CNC(=O)[C@@H]3C=C[C@@H]3C(=O)O)ccc2n1C1CC1. The van der Waals surface area contributed by atoms with Crippen molar-refractivity contribution in [1.82, 2.24) is 14.9 Å². The van der Waals surface area contributed by atoms with Crippen LogP contribution in [0.3, 0.4) is 0 Å². The lowest BCUT2D eigenvalue weighted by Crippen LogP contribution is -2.39. The Kier molecular flexibility index (Phi) is 3.82. The van der Waals surface area contributed by atoms with Crippen molar-refractivity contribution >= 4 is 22.9 Å². The molecule has 4 rings (SSSR count). The van der Waals surface area contributed by atoms with Gasteiger partial charge < -0.3 is 15.0 Å². The van der Waals surface area contributed by atoms with E-state index in [2.05, 4.69) is 22.9 Å². The molecule has 1 saturated carbocycles. The Morgan fingerprint density at radius 3 is 2.64 bits per heavy atom. The third-order valence-corrected chi connectivity index (χ3v) is 5.02. The highest BCUT2D eigenvalue weighted by Crippen LogP contribution is 2.38. The molecule has 1 heterocycles. The largest absolute Gasteiger partial charge is 0.481 e. The van der Waals surface area contributed by atoms with Crippen LogP contribution in [0, 0.1) is 11.8 Å². The summed E-state index contributed by atoms with van der Waals surface area (Å²) in [5, 5.41) is 11.8. The summed E-state index contributed by atoms with van der Waals surface area (Å²) in [6.45, 7) is 2.50. The first kappa shape index (κ1) is 15.9. The van der Waals surface area contributed by atoms with Gasteiger partial charge in [-0.1, -0.05) is 25.1 Å². The summed E-state index contributed by atoms with van der Waals surface area (Å²) < 4.78 is 2.34. The molecule has 6 nitrogen and oxygen atoms in total. The Bertz CT molecular complexity index is 879. The van der Waals surface area contributed by atoms with Gasteiger partial charge in [-0.2, -0.15) is 0 Å². The fourth-order valence-electron chi connectivity index (χ4n) is 3.42. The molecule has 2 aliphatic rings. The summed E-state index contributed by atoms with van der Waals surface area (Å²) >= 11 is 0. The first-order valence-corrected chi connectivity index (χ1v) is 8.77. The van der Waals surface area contributed by atoms with Gasteiger partial charge in [0, 0.05) is 19.0 Å². The van der Waals surface area contributed by atoms with E-state index in [0.717, 1.165) is 28.8 Å². The number of aromatic nitrogens is 2. The van der Waals surface area contributed by atoms with Crippen LogP contribution in [0.4, 0.5) is 0 Å². The molecular weight excluding hydrogens is 318 g/mol. The number of carbonyl (C=O) groups excluding carboxylic acids is 1. The lowest BCUT2D eigenvalue weighted by Gasteiger charge is -2.24. The van der Waals surface area contributed by atoms with Gasteiger partial charge in [0.25, 0.3) is 0 Å². The number of aliphatic carboxylic acids is 1. The molecule has 2 aromatic rings. The van der Waals surface area contributed by atoms with Crippen molar-refractivity contribution in [3.05, 3.63) is 41.7 Å². The molecule has 2 N–H and O–H groups in total. The van der Waals surface area contributed by atoms with Crippen LogP contribution < -0.4 is 5.32 Å². The van der Waals surface area contributed by atoms with Crippen LogP contribution in [0.15, 0.2) is 30.4 Å². The van der Waals surface area contributed by atoms with Gasteiger partial charge >= 0.3 is 5.97 Å². The van der Waals surface area contributed by atoms with Gasteiger partial charge in [-0.25, -0.2) is 4.98 Å². The number of imidazole rings is 1. The first-order chi connectivity index (χ1) is 12.1. The molecule has 1 aromatic heterocycles. The monoisotopic (exact) mass is 339 g/mol. The predicted molar refractivity (Wildman–Crippen MR) is 93.0 cm³/mol. The van der Waals surface area contributed by atoms with Crippen LogP contribution >= 0.6 is 0 Å². The van der Waals surface area contributed by atoms with Crippen molar-refractivity contribution in [1.29, 1.82) is 0 Å². The Labute approximate surface area is 145 Å². The van der Waals surface area contributed by atoms with Crippen LogP contribution in [0.2, 0.25) is 0 Å². The minimum atomic E-state index is -0.957. The van der Waals surface area contributed by atoms with Crippen molar-refractivity contribution in [2.24, 2.45) is 11.8 Å². The van der Waals surface area contributed by atoms with E-state index in [9.17, 15) is 9.59 Å². The number of aryl methyl sites for hydroxylation is 1. The van der Waals surface area contributed by atoms with Crippen molar-refractivity contribution in [2.75, 3.05) is 0 Å². The molecule has 130 valence electrons. The molecule has 25 heavy (non-hydrogen) atoms. The Hall–Kier alpha value is -2.63. The number of nitrogens with zero attached hydrogens (tertiary/aromatic N) is 2. The van der Waals surface area contributed by atoms with Gasteiger partial charge in [-0.15, -0.1) is 0 Å². The summed E-state index contributed by atoms with van der Waals surface area (Å²) in [6.07, 6.45) is 6.53. The molecule has 0 unspecified atom stereocenters. The van der Waals surface area contributed by atoms with Gasteiger partial charge in [0.15, 0.2) is 0 Å². The number of hydrogen-bond acceptors (Lipinski definition) is 3. The number of amides is 1. The lowest BCUT2D eigenvalue weighted by molar-refractivity contribution is -0.145. The predicted octanol–water partition coefficient (Wildman–Crippen LogP) is 2.44. The fraction of sp³-hybridized carbons (Fsp3) is 0.421. The normalized spacial score (nSPS) is 22.0. The van der Waals surface area contributed by atoms with Gasteiger partial charge in [0.05, 0.1) is 22.9 Å². The summed E-state index contributed by atoms with van der Waals surface area (Å²) in [5.41, 5.74) is 3.09. The van der Waals surface area contributed by atoms with Crippen molar-refractivity contribution in [2.45, 2.75) is 38.8 Å². The second-order valence-electron chi connectivity index (χ2n) is 6.80. The smallest absolute Gasteiger partial charge is 0.311 e. The second kappa shape index (κ2) is 6.02. The van der Waals surface area contributed by atoms with E-state index in [1.54, 1.807) is 12.2 Å². The number of fused-ring (bicyclic) bond motifs is 1. The zero-order valence-corrected chi connectivity index (χ0v) is 14.1. The number of carbonyl (C=O) groups is 2. The van der Waals surface area contributed by atoms with Crippen LogP contribution in [0.1, 0.15) is 37.2 Å². The number of nitrogens with one attached hydrogen (secondary N) is 1. The highest BCUT2D eigenvalue weighted by Gasteiger charge is 2.35. The van der Waals surface area contributed by atoms with E-state index < -0.39 is 17.8 Å². The summed E-state index contributed by atoms with van der Waals surface area (Å²) in [7, 11) is 0. The summed E-state index contributed by atoms with van der Waals surface area (Å²) in [6, 6.07) is 6.68. The molecule has 0 saturated heterocycles. The van der Waals surface area contributed by atoms with Crippen LogP contribution in [-0.4, -0.2) is 26.5 Å². The number of carboxylic acids is 1. The Morgan fingerprint density at radius 1 is 1.28 bits per heavy atom. The summed E-state index contributed by atoms with van der Waals surface area (Å²) in [5.74, 6) is -1.36. The Balaban J connectivity index is 1.48. The molecule has 0 bridgehead atoms. The third-order valence-electron chi connectivity index (χ3n) is 5.02. The topological polar surface area (TPSA) is 84.2 Å². The highest BCUT2D eigenvalue weighted by molar-refractivity contribution is 5.89.